The van der Waals surface area contributed by atoms with Crippen molar-refractivity contribution in [2.24, 2.45) is 0 Å². The molecule has 0 amide bonds. The molecule has 1 aromatic carbocycles. The maximum atomic E-state index is 12.1. The van der Waals surface area contributed by atoms with Crippen LogP contribution < -0.4 is 10.9 Å². The van der Waals surface area contributed by atoms with Gasteiger partial charge in [-0.25, -0.2) is 4.98 Å². The molecule has 2 aromatic rings. The standard InChI is InChI=1S/C15H15N3O/c19-15-12-7-16-8-13(12)17-14(18-15)11-6-5-9-3-1-2-4-10(9)11/h1-4,11,16H,5-8H2,(H,17,18,19). The van der Waals surface area contributed by atoms with Gasteiger partial charge in [-0.1, -0.05) is 24.3 Å². The summed E-state index contributed by atoms with van der Waals surface area (Å²) in [6.07, 6.45) is 2.11. The summed E-state index contributed by atoms with van der Waals surface area (Å²) in [7, 11) is 0. The van der Waals surface area contributed by atoms with Crippen LogP contribution >= 0.6 is 0 Å². The molecule has 2 heterocycles. The van der Waals surface area contributed by atoms with Crippen molar-refractivity contribution in [3.05, 3.63) is 62.8 Å². The number of nitrogens with zero attached hydrogens (tertiary/aromatic N) is 1. The third-order valence-electron chi connectivity index (χ3n) is 4.18. The number of aromatic amines is 1. The third kappa shape index (κ3) is 1.64. The van der Waals surface area contributed by atoms with Gasteiger partial charge in [-0.15, -0.1) is 0 Å². The first-order chi connectivity index (χ1) is 9.33. The highest BCUT2D eigenvalue weighted by Crippen LogP contribution is 2.36. The Bertz CT molecular complexity index is 705. The predicted molar refractivity (Wildman–Crippen MR) is 72.0 cm³/mol. The number of aryl methyl sites for hydroxylation is 1. The Kier molecular flexibility index (Phi) is 2.32. The fourth-order valence-corrected chi connectivity index (χ4v) is 3.20. The van der Waals surface area contributed by atoms with E-state index in [0.717, 1.165) is 29.9 Å². The van der Waals surface area contributed by atoms with Crippen LogP contribution in [0.2, 0.25) is 0 Å². The molecule has 19 heavy (non-hydrogen) atoms. The number of fused-ring (bicyclic) bond motifs is 2. The smallest absolute Gasteiger partial charge is 0.255 e. The summed E-state index contributed by atoms with van der Waals surface area (Å²) in [6.45, 7) is 1.35. The maximum Gasteiger partial charge on any atom is 0.255 e. The zero-order valence-electron chi connectivity index (χ0n) is 10.6. The van der Waals surface area contributed by atoms with Gasteiger partial charge in [0.15, 0.2) is 0 Å². The fraction of sp³-hybridized carbons (Fsp3) is 0.333. The van der Waals surface area contributed by atoms with Crippen LogP contribution in [0.25, 0.3) is 0 Å². The maximum absolute atomic E-state index is 12.1. The number of aromatic nitrogens is 2. The van der Waals surface area contributed by atoms with Gasteiger partial charge in [0.25, 0.3) is 5.56 Å². The van der Waals surface area contributed by atoms with E-state index in [1.165, 1.54) is 11.1 Å². The molecular formula is C15H15N3O. The van der Waals surface area contributed by atoms with E-state index in [-0.39, 0.29) is 11.5 Å². The molecule has 2 aliphatic rings. The van der Waals surface area contributed by atoms with E-state index >= 15 is 0 Å². The van der Waals surface area contributed by atoms with E-state index in [1.807, 2.05) is 0 Å². The molecule has 4 rings (SSSR count). The lowest BCUT2D eigenvalue weighted by molar-refractivity contribution is 0.711. The summed E-state index contributed by atoms with van der Waals surface area (Å²) in [5.41, 5.74) is 4.44. The van der Waals surface area contributed by atoms with E-state index in [1.54, 1.807) is 0 Å². The number of nitrogens with one attached hydrogen (secondary N) is 2. The van der Waals surface area contributed by atoms with Gasteiger partial charge in [-0.2, -0.15) is 0 Å². The quantitative estimate of drug-likeness (QED) is 0.808. The lowest BCUT2D eigenvalue weighted by Crippen LogP contribution is -2.19. The molecule has 4 nitrogen and oxygen atoms in total. The minimum absolute atomic E-state index is 0.0226. The van der Waals surface area contributed by atoms with Gasteiger partial charge >= 0.3 is 0 Å². The average molecular weight is 253 g/mol. The van der Waals surface area contributed by atoms with Crippen LogP contribution in [0.1, 0.15) is 40.5 Å². The molecule has 1 aliphatic carbocycles. The molecule has 1 aromatic heterocycles. The Hall–Kier alpha value is -1.94. The van der Waals surface area contributed by atoms with Crippen molar-refractivity contribution >= 4 is 0 Å². The Labute approximate surface area is 110 Å². The van der Waals surface area contributed by atoms with Gasteiger partial charge in [0.05, 0.1) is 11.3 Å². The van der Waals surface area contributed by atoms with Crippen LogP contribution in [0, 0.1) is 0 Å². The second kappa shape index (κ2) is 4.03. The molecule has 1 atom stereocenters. The van der Waals surface area contributed by atoms with Gasteiger partial charge in [0, 0.05) is 19.0 Å². The topological polar surface area (TPSA) is 57.8 Å². The normalized spacial score (nSPS) is 20.3. The Balaban J connectivity index is 1.83. The van der Waals surface area contributed by atoms with Crippen LogP contribution in [0.15, 0.2) is 29.1 Å². The van der Waals surface area contributed by atoms with Gasteiger partial charge < -0.3 is 10.3 Å². The summed E-state index contributed by atoms with van der Waals surface area (Å²) in [5.74, 6) is 1.08. The zero-order valence-corrected chi connectivity index (χ0v) is 10.6. The van der Waals surface area contributed by atoms with Crippen molar-refractivity contribution in [2.45, 2.75) is 31.8 Å². The van der Waals surface area contributed by atoms with E-state index < -0.39 is 0 Å². The van der Waals surface area contributed by atoms with Gasteiger partial charge in [0.2, 0.25) is 0 Å². The SMILES string of the molecule is O=c1[nH]c(C2CCc3ccccc32)nc2c1CNC2. The lowest BCUT2D eigenvalue weighted by Gasteiger charge is -2.11. The van der Waals surface area contributed by atoms with Crippen LogP contribution in [0.4, 0.5) is 0 Å². The molecule has 0 saturated heterocycles. The molecular weight excluding hydrogens is 238 g/mol. The molecule has 2 N–H and O–H groups in total. The van der Waals surface area contributed by atoms with E-state index in [9.17, 15) is 4.79 Å². The number of rotatable bonds is 1. The first-order valence-electron chi connectivity index (χ1n) is 6.73. The van der Waals surface area contributed by atoms with Crippen molar-refractivity contribution < 1.29 is 0 Å². The highest BCUT2D eigenvalue weighted by Gasteiger charge is 2.27. The molecule has 1 unspecified atom stereocenters. The highest BCUT2D eigenvalue weighted by molar-refractivity contribution is 5.39. The van der Waals surface area contributed by atoms with E-state index in [0.29, 0.717) is 13.1 Å². The molecule has 1 aliphatic heterocycles. The van der Waals surface area contributed by atoms with Crippen LogP contribution in [0.5, 0.6) is 0 Å². The summed E-state index contributed by atoms with van der Waals surface area (Å²) in [5, 5.41) is 3.18. The number of hydrogen-bond donors (Lipinski definition) is 2. The molecule has 0 fully saturated rings. The van der Waals surface area contributed by atoms with E-state index in [2.05, 4.69) is 39.6 Å². The monoisotopic (exact) mass is 253 g/mol. The molecule has 96 valence electrons. The van der Waals surface area contributed by atoms with Gasteiger partial charge in [0.1, 0.15) is 5.82 Å². The third-order valence-corrected chi connectivity index (χ3v) is 4.18. The van der Waals surface area contributed by atoms with Gasteiger partial charge in [-0.05, 0) is 24.0 Å². The fourth-order valence-electron chi connectivity index (χ4n) is 3.20. The van der Waals surface area contributed by atoms with Crippen molar-refractivity contribution in [1.29, 1.82) is 0 Å². The first-order valence-corrected chi connectivity index (χ1v) is 6.73. The van der Waals surface area contributed by atoms with Crippen LogP contribution in [-0.2, 0) is 19.5 Å². The van der Waals surface area contributed by atoms with E-state index in [4.69, 9.17) is 0 Å². The Morgan fingerprint density at radius 1 is 1.21 bits per heavy atom. The minimum atomic E-state index is 0.0226. The molecule has 4 heteroatoms. The summed E-state index contributed by atoms with van der Waals surface area (Å²) in [6, 6.07) is 8.45. The zero-order chi connectivity index (χ0) is 12.8. The van der Waals surface area contributed by atoms with Gasteiger partial charge in [-0.3, -0.25) is 4.79 Å². The van der Waals surface area contributed by atoms with Crippen molar-refractivity contribution in [3.63, 3.8) is 0 Å². The first kappa shape index (κ1) is 10.9. The number of hydrogen-bond acceptors (Lipinski definition) is 3. The summed E-state index contributed by atoms with van der Waals surface area (Å²) < 4.78 is 0. The molecule has 0 spiro atoms. The molecule has 0 radical (unpaired) electrons. The average Bonchev–Trinajstić information content (AvgIpc) is 3.04. The van der Waals surface area contributed by atoms with Crippen LogP contribution in [-0.4, -0.2) is 9.97 Å². The summed E-state index contributed by atoms with van der Waals surface area (Å²) in [4.78, 5) is 19.7. The van der Waals surface area contributed by atoms with Crippen molar-refractivity contribution in [2.75, 3.05) is 0 Å². The summed E-state index contributed by atoms with van der Waals surface area (Å²) >= 11 is 0. The number of benzene rings is 1. The molecule has 0 bridgehead atoms. The predicted octanol–water partition coefficient (Wildman–Crippen LogP) is 1.45. The van der Waals surface area contributed by atoms with Crippen molar-refractivity contribution in [1.82, 2.24) is 15.3 Å². The van der Waals surface area contributed by atoms with Crippen LogP contribution in [0.3, 0.4) is 0 Å². The Morgan fingerprint density at radius 3 is 3.05 bits per heavy atom. The Morgan fingerprint density at radius 2 is 2.11 bits per heavy atom. The lowest BCUT2D eigenvalue weighted by atomic mass is 10.0. The number of H-pyrrole nitrogens is 1. The second-order valence-electron chi connectivity index (χ2n) is 5.27. The second-order valence-corrected chi connectivity index (χ2v) is 5.27. The minimum Gasteiger partial charge on any atom is -0.310 e. The highest BCUT2D eigenvalue weighted by atomic mass is 16.1. The largest absolute Gasteiger partial charge is 0.310 e. The molecule has 0 saturated carbocycles. The van der Waals surface area contributed by atoms with Crippen molar-refractivity contribution in [3.8, 4) is 0 Å².